The number of benzene rings is 3. The van der Waals surface area contributed by atoms with Crippen LogP contribution in [0.4, 0.5) is 0 Å². The maximum Gasteiger partial charge on any atom is 0.311 e. The summed E-state index contributed by atoms with van der Waals surface area (Å²) in [6, 6.07) is 20.2. The van der Waals surface area contributed by atoms with Gasteiger partial charge in [-0.05, 0) is 85.5 Å². The summed E-state index contributed by atoms with van der Waals surface area (Å²) in [6.45, 7) is 3.80. The number of rotatable bonds is 9. The number of aryl methyl sites for hydroxylation is 1. The topological polar surface area (TPSA) is 106 Å². The fourth-order valence-corrected chi connectivity index (χ4v) is 10.1. The van der Waals surface area contributed by atoms with Crippen LogP contribution in [0.25, 0.3) is 10.9 Å². The average Bonchev–Trinajstić information content (AvgIpc) is 3.47. The minimum Gasteiger partial charge on any atom is -0.497 e. The number of ether oxygens (including phenoxy) is 5. The lowest BCUT2D eigenvalue weighted by Gasteiger charge is -2.53. The van der Waals surface area contributed by atoms with E-state index >= 15 is 0 Å². The Morgan fingerprint density at radius 1 is 0.898 bits per heavy atom. The van der Waals surface area contributed by atoms with E-state index in [9.17, 15) is 13.2 Å². The Kier molecular flexibility index (Phi) is 9.21. The van der Waals surface area contributed by atoms with Crippen molar-refractivity contribution in [1.82, 2.24) is 8.87 Å². The van der Waals surface area contributed by atoms with Crippen molar-refractivity contribution in [3.8, 4) is 11.5 Å². The molecule has 1 saturated heterocycles. The number of carbonyl (C=O) groups excluding carboxylic acids is 1. The van der Waals surface area contributed by atoms with Gasteiger partial charge in [-0.25, -0.2) is 12.4 Å². The standard InChI is InChI=1S/C38H44N2O8S/c1-23-6-13-28(14-7-23)49(42,43)40-32-19-27(45-3)12-15-29(32)30-16-17-39-21-25-18-34(48-22-24-8-10-26(44-2)11-9-24)37(46-4)35(38(41)47-5)31(25)20-33(39)36(30)40/h6-15,19,25,31,33-35,37H,16-18,20-22H2,1-5H3/t25-,31+,33-,34-,35+,37+/m0/s1. The fraction of sp³-hybridized carbons (Fsp3) is 0.447. The van der Waals surface area contributed by atoms with Gasteiger partial charge in [0.25, 0.3) is 10.0 Å². The Morgan fingerprint density at radius 2 is 1.61 bits per heavy atom. The third-order valence-corrected chi connectivity index (χ3v) is 12.6. The molecule has 1 aliphatic carbocycles. The molecule has 0 unspecified atom stereocenters. The maximum atomic E-state index is 14.6. The van der Waals surface area contributed by atoms with E-state index in [2.05, 4.69) is 4.90 Å². The van der Waals surface area contributed by atoms with Crippen molar-refractivity contribution in [3.63, 3.8) is 0 Å². The Balaban J connectivity index is 1.28. The molecular formula is C38H44N2O8S. The number of fused-ring (bicyclic) bond motifs is 6. The van der Waals surface area contributed by atoms with E-state index in [1.165, 1.54) is 7.11 Å². The first-order valence-electron chi connectivity index (χ1n) is 16.8. The summed E-state index contributed by atoms with van der Waals surface area (Å²) in [4.78, 5) is 16.3. The van der Waals surface area contributed by atoms with Gasteiger partial charge in [0.2, 0.25) is 0 Å². The Hall–Kier alpha value is -3.90. The molecule has 3 heterocycles. The maximum absolute atomic E-state index is 14.6. The molecule has 10 nitrogen and oxygen atoms in total. The van der Waals surface area contributed by atoms with Crippen molar-refractivity contribution < 1.29 is 36.9 Å². The third-order valence-electron chi connectivity index (χ3n) is 10.9. The van der Waals surface area contributed by atoms with Crippen molar-refractivity contribution in [1.29, 1.82) is 0 Å². The van der Waals surface area contributed by atoms with Crippen LogP contribution in [0, 0.1) is 24.7 Å². The quantitative estimate of drug-likeness (QED) is 0.210. The van der Waals surface area contributed by atoms with Gasteiger partial charge in [0, 0.05) is 31.7 Å². The van der Waals surface area contributed by atoms with Gasteiger partial charge in [0.15, 0.2) is 0 Å². The van der Waals surface area contributed by atoms with Crippen LogP contribution in [0.2, 0.25) is 0 Å². The highest BCUT2D eigenvalue weighted by atomic mass is 32.2. The van der Waals surface area contributed by atoms with Crippen molar-refractivity contribution in [2.24, 2.45) is 17.8 Å². The normalized spacial score (nSPS) is 25.2. The minimum atomic E-state index is -3.99. The van der Waals surface area contributed by atoms with Gasteiger partial charge < -0.3 is 23.7 Å². The highest BCUT2D eigenvalue weighted by Gasteiger charge is 2.54. The molecule has 0 radical (unpaired) electrons. The molecular weight excluding hydrogens is 644 g/mol. The first-order valence-corrected chi connectivity index (χ1v) is 18.2. The predicted molar refractivity (Wildman–Crippen MR) is 184 cm³/mol. The van der Waals surface area contributed by atoms with Gasteiger partial charge in [-0.1, -0.05) is 29.8 Å². The molecule has 3 aliphatic rings. The van der Waals surface area contributed by atoms with E-state index in [-0.39, 0.29) is 34.8 Å². The SMILES string of the molecule is COC(=O)[C@@H]1[C@@H]2C[C@H]3c4c(c5ccc(OC)cc5n4S(=O)(=O)c4ccc(C)cc4)CCN3C[C@@H]2C[C@H](OCc2ccc(OC)cc2)[C@H]1OC. The van der Waals surface area contributed by atoms with Crippen LogP contribution in [0.5, 0.6) is 11.5 Å². The van der Waals surface area contributed by atoms with E-state index in [0.717, 1.165) is 40.1 Å². The van der Waals surface area contributed by atoms with Crippen molar-refractivity contribution in [3.05, 3.63) is 89.1 Å². The molecule has 0 bridgehead atoms. The lowest BCUT2D eigenvalue weighted by atomic mass is 9.63. The van der Waals surface area contributed by atoms with Gasteiger partial charge in [0.05, 0.1) is 68.2 Å². The molecule has 0 N–H and O–H groups in total. The van der Waals surface area contributed by atoms with Gasteiger partial charge >= 0.3 is 5.97 Å². The molecule has 7 rings (SSSR count). The van der Waals surface area contributed by atoms with E-state index in [1.54, 1.807) is 37.4 Å². The second-order valence-electron chi connectivity index (χ2n) is 13.4. The monoisotopic (exact) mass is 688 g/mol. The molecule has 2 fully saturated rings. The molecule has 260 valence electrons. The van der Waals surface area contributed by atoms with Crippen LogP contribution < -0.4 is 9.47 Å². The van der Waals surface area contributed by atoms with E-state index < -0.39 is 22.0 Å². The van der Waals surface area contributed by atoms with Gasteiger partial charge in [-0.15, -0.1) is 0 Å². The van der Waals surface area contributed by atoms with Crippen LogP contribution in [-0.2, 0) is 42.1 Å². The third kappa shape index (κ3) is 5.90. The summed E-state index contributed by atoms with van der Waals surface area (Å²) in [5.41, 5.74) is 4.38. The number of nitrogens with zero attached hydrogens (tertiary/aromatic N) is 2. The number of methoxy groups -OCH3 is 4. The van der Waals surface area contributed by atoms with Crippen molar-refractivity contribution in [2.75, 3.05) is 41.5 Å². The molecule has 0 amide bonds. The number of aromatic nitrogens is 1. The highest BCUT2D eigenvalue weighted by Crippen LogP contribution is 2.52. The average molecular weight is 689 g/mol. The molecule has 11 heteroatoms. The fourth-order valence-electron chi connectivity index (χ4n) is 8.50. The molecule has 49 heavy (non-hydrogen) atoms. The first kappa shape index (κ1) is 33.6. The van der Waals surface area contributed by atoms with Gasteiger partial charge in [0.1, 0.15) is 11.5 Å². The van der Waals surface area contributed by atoms with Crippen LogP contribution in [0.1, 0.15) is 41.3 Å². The molecule has 3 aromatic carbocycles. The molecule has 1 saturated carbocycles. The zero-order valence-corrected chi connectivity index (χ0v) is 29.4. The summed E-state index contributed by atoms with van der Waals surface area (Å²) in [5, 5.41) is 0.906. The number of hydrogen-bond acceptors (Lipinski definition) is 9. The smallest absolute Gasteiger partial charge is 0.311 e. The molecule has 2 aliphatic heterocycles. The number of hydrogen-bond donors (Lipinski definition) is 0. The lowest BCUT2D eigenvalue weighted by molar-refractivity contribution is -0.184. The summed E-state index contributed by atoms with van der Waals surface area (Å²) in [5.74, 6) is 0.478. The summed E-state index contributed by atoms with van der Waals surface area (Å²) in [6.07, 6.45) is 1.16. The zero-order valence-electron chi connectivity index (χ0n) is 28.6. The predicted octanol–water partition coefficient (Wildman–Crippen LogP) is 5.53. The summed E-state index contributed by atoms with van der Waals surface area (Å²) < 4.78 is 59.6. The Labute approximate surface area is 287 Å². The second kappa shape index (κ2) is 13.4. The summed E-state index contributed by atoms with van der Waals surface area (Å²) in [7, 11) is 2.27. The highest BCUT2D eigenvalue weighted by molar-refractivity contribution is 7.90. The van der Waals surface area contributed by atoms with E-state index in [4.69, 9.17) is 23.7 Å². The first-order chi connectivity index (χ1) is 23.7. The molecule has 4 aromatic rings. The van der Waals surface area contributed by atoms with E-state index in [1.807, 2.05) is 61.5 Å². The second-order valence-corrected chi connectivity index (χ2v) is 15.2. The van der Waals surface area contributed by atoms with E-state index in [0.29, 0.717) is 43.7 Å². The van der Waals surface area contributed by atoms with Crippen LogP contribution in [0.15, 0.2) is 71.6 Å². The molecule has 6 atom stereocenters. The number of piperidine rings is 1. The molecule has 0 spiro atoms. The van der Waals surface area contributed by atoms with Crippen LogP contribution >= 0.6 is 0 Å². The van der Waals surface area contributed by atoms with Crippen molar-refractivity contribution in [2.45, 2.75) is 55.9 Å². The largest absolute Gasteiger partial charge is 0.497 e. The summed E-state index contributed by atoms with van der Waals surface area (Å²) >= 11 is 0. The van der Waals surface area contributed by atoms with Gasteiger partial charge in [-0.2, -0.15) is 0 Å². The number of esters is 1. The number of carbonyl (C=O) groups is 1. The minimum absolute atomic E-state index is 0.103. The van der Waals surface area contributed by atoms with Crippen LogP contribution in [0.3, 0.4) is 0 Å². The molecule has 1 aromatic heterocycles. The van der Waals surface area contributed by atoms with Gasteiger partial charge in [-0.3, -0.25) is 9.69 Å². The van der Waals surface area contributed by atoms with Crippen LogP contribution in [-0.4, -0.2) is 77.0 Å². The zero-order chi connectivity index (χ0) is 34.4. The Morgan fingerprint density at radius 3 is 2.29 bits per heavy atom. The Bertz CT molecular complexity index is 1940. The van der Waals surface area contributed by atoms with Crippen molar-refractivity contribution >= 4 is 26.9 Å². The lowest BCUT2D eigenvalue weighted by Crippen LogP contribution is -2.58.